The van der Waals surface area contributed by atoms with Gasteiger partial charge in [-0.25, -0.2) is 0 Å². The minimum atomic E-state index is -0.409. The molecule has 0 spiro atoms. The largest absolute Gasteiger partial charge is 0.366 e. The van der Waals surface area contributed by atoms with E-state index in [-0.39, 0.29) is 4.75 Å². The molecule has 0 aliphatic heterocycles. The Labute approximate surface area is 117 Å². The summed E-state index contributed by atoms with van der Waals surface area (Å²) in [5.41, 5.74) is 7.61. The Hall–Kier alpha value is -1.55. The number of carbonyl (C=O) groups excluding carboxylic acids is 1. The highest BCUT2D eigenvalue weighted by Gasteiger charge is 2.14. The number of carbonyl (C=O) groups is 1. The van der Waals surface area contributed by atoms with Crippen LogP contribution < -0.4 is 5.73 Å². The van der Waals surface area contributed by atoms with Gasteiger partial charge in [-0.1, -0.05) is 20.8 Å². The van der Waals surface area contributed by atoms with E-state index in [2.05, 4.69) is 25.8 Å². The lowest BCUT2D eigenvalue weighted by Gasteiger charge is -2.18. The van der Waals surface area contributed by atoms with Crippen molar-refractivity contribution >= 4 is 28.6 Å². The van der Waals surface area contributed by atoms with Crippen molar-refractivity contribution in [3.8, 4) is 0 Å². The number of rotatable bonds is 2. The molecule has 2 rings (SSSR count). The van der Waals surface area contributed by atoms with Crippen molar-refractivity contribution in [2.45, 2.75) is 37.3 Å². The van der Waals surface area contributed by atoms with Crippen LogP contribution in [0.2, 0.25) is 0 Å². The Morgan fingerprint density at radius 3 is 2.53 bits per heavy atom. The number of aryl methyl sites for hydroxylation is 1. The summed E-state index contributed by atoms with van der Waals surface area (Å²) in [4.78, 5) is 17.1. The van der Waals surface area contributed by atoms with Crippen molar-refractivity contribution < 1.29 is 4.79 Å². The fourth-order valence-electron chi connectivity index (χ4n) is 1.96. The maximum atomic E-state index is 11.6. The van der Waals surface area contributed by atoms with Crippen LogP contribution in [0.4, 0.5) is 0 Å². The number of fused-ring (bicyclic) bond motifs is 1. The van der Waals surface area contributed by atoms with Crippen molar-refractivity contribution in [3.63, 3.8) is 0 Å². The highest BCUT2D eigenvalue weighted by atomic mass is 32.2. The third-order valence-electron chi connectivity index (χ3n) is 2.60. The summed E-state index contributed by atoms with van der Waals surface area (Å²) in [5.74, 6) is -0.409. The van der Waals surface area contributed by atoms with Crippen LogP contribution in [-0.2, 0) is 0 Å². The SMILES string of the molecule is Cc1cc(C(N)=O)c2cc(SC(C)(C)C)ccc2n1. The van der Waals surface area contributed by atoms with E-state index >= 15 is 0 Å². The van der Waals surface area contributed by atoms with Crippen molar-refractivity contribution in [2.75, 3.05) is 0 Å². The summed E-state index contributed by atoms with van der Waals surface area (Å²) in [6.45, 7) is 8.34. The third kappa shape index (κ3) is 3.26. The molecule has 0 radical (unpaired) electrons. The molecule has 0 unspecified atom stereocenters. The summed E-state index contributed by atoms with van der Waals surface area (Å²) >= 11 is 1.76. The first-order valence-corrected chi connectivity index (χ1v) is 6.98. The molecular formula is C15H18N2OS. The quantitative estimate of drug-likeness (QED) is 0.852. The minimum Gasteiger partial charge on any atom is -0.366 e. The van der Waals surface area contributed by atoms with E-state index in [1.165, 1.54) is 0 Å². The number of primary amides is 1. The molecule has 1 heterocycles. The van der Waals surface area contributed by atoms with Crippen LogP contribution >= 0.6 is 11.8 Å². The first kappa shape index (κ1) is 13.9. The Morgan fingerprint density at radius 1 is 1.26 bits per heavy atom. The van der Waals surface area contributed by atoms with E-state index in [0.29, 0.717) is 5.56 Å². The van der Waals surface area contributed by atoms with Gasteiger partial charge in [-0.3, -0.25) is 9.78 Å². The van der Waals surface area contributed by atoms with Gasteiger partial charge in [0.25, 0.3) is 0 Å². The first-order chi connectivity index (χ1) is 8.76. The van der Waals surface area contributed by atoms with Crippen molar-refractivity contribution in [1.82, 2.24) is 4.98 Å². The molecule has 1 amide bonds. The predicted octanol–water partition coefficient (Wildman–Crippen LogP) is 3.53. The van der Waals surface area contributed by atoms with Crippen LogP contribution in [0.1, 0.15) is 36.8 Å². The van der Waals surface area contributed by atoms with Gasteiger partial charge in [-0.05, 0) is 31.2 Å². The molecule has 3 nitrogen and oxygen atoms in total. The van der Waals surface area contributed by atoms with Gasteiger partial charge in [0.05, 0.1) is 11.1 Å². The maximum absolute atomic E-state index is 11.6. The molecule has 0 saturated carbocycles. The lowest BCUT2D eigenvalue weighted by molar-refractivity contribution is 0.100. The normalized spacial score (nSPS) is 11.8. The van der Waals surface area contributed by atoms with Crippen molar-refractivity contribution in [2.24, 2.45) is 5.73 Å². The number of nitrogens with two attached hydrogens (primary N) is 1. The van der Waals surface area contributed by atoms with E-state index in [0.717, 1.165) is 21.5 Å². The highest BCUT2D eigenvalue weighted by Crippen LogP contribution is 2.34. The standard InChI is InChI=1S/C15H18N2OS/c1-9-7-12(14(16)18)11-8-10(19-15(2,3)4)5-6-13(11)17-9/h5-8H,1-4H3,(H2,16,18). The average molecular weight is 274 g/mol. The predicted molar refractivity (Wildman–Crippen MR) is 80.6 cm³/mol. The Bertz CT molecular complexity index is 644. The van der Waals surface area contributed by atoms with Gasteiger partial charge in [0.1, 0.15) is 0 Å². The smallest absolute Gasteiger partial charge is 0.249 e. The number of hydrogen-bond donors (Lipinski definition) is 1. The zero-order chi connectivity index (χ0) is 14.2. The number of thioether (sulfide) groups is 1. The molecule has 19 heavy (non-hydrogen) atoms. The number of benzene rings is 1. The van der Waals surface area contributed by atoms with E-state index < -0.39 is 5.91 Å². The number of pyridine rings is 1. The average Bonchev–Trinajstić information content (AvgIpc) is 2.26. The van der Waals surface area contributed by atoms with Gasteiger partial charge in [0, 0.05) is 20.7 Å². The molecule has 1 aromatic heterocycles. The van der Waals surface area contributed by atoms with Crippen LogP contribution in [0.25, 0.3) is 10.9 Å². The van der Waals surface area contributed by atoms with E-state index in [1.807, 2.05) is 25.1 Å². The van der Waals surface area contributed by atoms with E-state index in [1.54, 1.807) is 17.8 Å². The molecule has 4 heteroatoms. The van der Waals surface area contributed by atoms with Crippen LogP contribution in [0.3, 0.4) is 0 Å². The number of nitrogens with zero attached hydrogens (tertiary/aromatic N) is 1. The second kappa shape index (κ2) is 4.85. The zero-order valence-electron chi connectivity index (χ0n) is 11.7. The van der Waals surface area contributed by atoms with Crippen LogP contribution in [0, 0.1) is 6.92 Å². The second-order valence-electron chi connectivity index (χ2n) is 5.57. The number of hydrogen-bond acceptors (Lipinski definition) is 3. The lowest BCUT2D eigenvalue weighted by atomic mass is 10.1. The van der Waals surface area contributed by atoms with Gasteiger partial charge in [-0.2, -0.15) is 0 Å². The van der Waals surface area contributed by atoms with Crippen molar-refractivity contribution in [1.29, 1.82) is 0 Å². The molecule has 2 aromatic rings. The Balaban J connectivity index is 2.61. The number of aromatic nitrogens is 1. The summed E-state index contributed by atoms with van der Waals surface area (Å²) in [7, 11) is 0. The Morgan fingerprint density at radius 2 is 1.95 bits per heavy atom. The summed E-state index contributed by atoms with van der Waals surface area (Å²) < 4.78 is 0.124. The van der Waals surface area contributed by atoms with Crippen LogP contribution in [0.15, 0.2) is 29.2 Å². The summed E-state index contributed by atoms with van der Waals surface area (Å²) in [6, 6.07) is 7.73. The molecule has 1 aromatic carbocycles. The molecule has 0 fully saturated rings. The molecule has 100 valence electrons. The topological polar surface area (TPSA) is 56.0 Å². The lowest BCUT2D eigenvalue weighted by Crippen LogP contribution is -2.12. The molecule has 2 N–H and O–H groups in total. The minimum absolute atomic E-state index is 0.124. The molecule has 0 saturated heterocycles. The monoisotopic (exact) mass is 274 g/mol. The zero-order valence-corrected chi connectivity index (χ0v) is 12.5. The highest BCUT2D eigenvalue weighted by molar-refractivity contribution is 8.00. The van der Waals surface area contributed by atoms with Gasteiger partial charge in [0.2, 0.25) is 5.91 Å². The van der Waals surface area contributed by atoms with Crippen LogP contribution in [0.5, 0.6) is 0 Å². The van der Waals surface area contributed by atoms with Crippen LogP contribution in [-0.4, -0.2) is 15.6 Å². The molecule has 0 aliphatic carbocycles. The summed E-state index contributed by atoms with van der Waals surface area (Å²) in [5, 5.41) is 0.826. The molecule has 0 atom stereocenters. The van der Waals surface area contributed by atoms with Gasteiger partial charge < -0.3 is 5.73 Å². The van der Waals surface area contributed by atoms with Gasteiger partial charge in [-0.15, -0.1) is 11.8 Å². The molecular weight excluding hydrogens is 256 g/mol. The fourth-order valence-corrected chi connectivity index (χ4v) is 2.98. The number of amides is 1. The fraction of sp³-hybridized carbons (Fsp3) is 0.333. The van der Waals surface area contributed by atoms with E-state index in [9.17, 15) is 4.79 Å². The molecule has 0 aliphatic rings. The van der Waals surface area contributed by atoms with E-state index in [4.69, 9.17) is 5.73 Å². The summed E-state index contributed by atoms with van der Waals surface area (Å²) in [6.07, 6.45) is 0. The maximum Gasteiger partial charge on any atom is 0.249 e. The first-order valence-electron chi connectivity index (χ1n) is 6.16. The second-order valence-corrected chi connectivity index (χ2v) is 7.47. The third-order valence-corrected chi connectivity index (χ3v) is 3.70. The van der Waals surface area contributed by atoms with Gasteiger partial charge >= 0.3 is 0 Å². The molecule has 0 bridgehead atoms. The van der Waals surface area contributed by atoms with Crippen molar-refractivity contribution in [3.05, 3.63) is 35.5 Å². The van der Waals surface area contributed by atoms with Gasteiger partial charge in [0.15, 0.2) is 0 Å². The Kier molecular flexibility index (Phi) is 3.54.